The highest BCUT2D eigenvalue weighted by Crippen LogP contribution is 2.25. The summed E-state index contributed by atoms with van der Waals surface area (Å²) in [5, 5.41) is 4.99. The summed E-state index contributed by atoms with van der Waals surface area (Å²) in [4.78, 5) is 12.4. The van der Waals surface area contributed by atoms with E-state index in [4.69, 9.17) is 9.47 Å². The van der Waals surface area contributed by atoms with Crippen molar-refractivity contribution in [2.24, 2.45) is 0 Å². The van der Waals surface area contributed by atoms with Crippen LogP contribution in [0.3, 0.4) is 0 Å². The molecule has 0 saturated carbocycles. The third-order valence-corrected chi connectivity index (χ3v) is 4.88. The fraction of sp³-hybridized carbons (Fsp3) is 0.240. The monoisotopic (exact) mass is 405 g/mol. The van der Waals surface area contributed by atoms with Gasteiger partial charge in [0.25, 0.3) is 5.91 Å². The molecule has 0 aliphatic carbocycles. The molecule has 1 amide bonds. The Kier molecular flexibility index (Phi) is 7.86. The van der Waals surface area contributed by atoms with Crippen LogP contribution in [-0.2, 0) is 4.79 Å². The predicted molar refractivity (Wildman–Crippen MR) is 118 cm³/mol. The average molecular weight is 406 g/mol. The quantitative estimate of drug-likeness (QED) is 0.510. The summed E-state index contributed by atoms with van der Waals surface area (Å²) in [6, 6.07) is 26.3. The van der Waals surface area contributed by atoms with Crippen molar-refractivity contribution >= 4 is 5.91 Å². The van der Waals surface area contributed by atoms with E-state index in [0.29, 0.717) is 31.2 Å². The molecule has 5 nitrogen and oxygen atoms in total. The molecule has 0 bridgehead atoms. The highest BCUT2D eigenvalue weighted by Gasteiger charge is 2.18. The van der Waals surface area contributed by atoms with Gasteiger partial charge in [0.15, 0.2) is 18.0 Å². The highest BCUT2D eigenvalue weighted by atomic mass is 16.5. The number of carbonyl (C=O) groups excluding carboxylic acids is 1. The van der Waals surface area contributed by atoms with Gasteiger partial charge in [-0.25, -0.2) is 0 Å². The predicted octanol–water partition coefficient (Wildman–Crippen LogP) is 2.85. The number of benzene rings is 3. The van der Waals surface area contributed by atoms with Gasteiger partial charge in [0, 0.05) is 11.1 Å². The number of hydrogen-bond acceptors (Lipinski definition) is 3. The molecule has 0 unspecified atom stereocenters. The molecular formula is C25H29N2O3+. The normalized spacial score (nSPS) is 11.5. The topological polar surface area (TPSA) is 64.2 Å². The van der Waals surface area contributed by atoms with Gasteiger partial charge in [-0.05, 0) is 19.1 Å². The summed E-state index contributed by atoms with van der Waals surface area (Å²) in [5.74, 6) is 1.33. The van der Waals surface area contributed by atoms with Crippen molar-refractivity contribution in [3.05, 3.63) is 95.6 Å². The molecule has 3 rings (SSSR count). The second kappa shape index (κ2) is 11.0. The van der Waals surface area contributed by atoms with Gasteiger partial charge in [-0.2, -0.15) is 0 Å². The first-order valence-corrected chi connectivity index (χ1v) is 10.1. The maximum absolute atomic E-state index is 12.4. The lowest BCUT2D eigenvalue weighted by molar-refractivity contribution is -0.676. The molecule has 0 radical (unpaired) electrons. The first-order valence-electron chi connectivity index (χ1n) is 10.1. The Balaban J connectivity index is 1.51. The third kappa shape index (κ3) is 6.09. The number of amides is 1. The van der Waals surface area contributed by atoms with E-state index < -0.39 is 0 Å². The Hall–Kier alpha value is -3.31. The van der Waals surface area contributed by atoms with Gasteiger partial charge in [0.1, 0.15) is 12.6 Å². The SMILES string of the molecule is COc1ccccc1OCCNC(=O)C[NH2+][C@H](c1ccccc1)c1ccc(C)cc1. The number of methoxy groups -OCH3 is 1. The van der Waals surface area contributed by atoms with Gasteiger partial charge in [0.2, 0.25) is 0 Å². The van der Waals surface area contributed by atoms with Crippen LogP contribution in [0.5, 0.6) is 11.5 Å². The number of carbonyl (C=O) groups is 1. The number of hydrogen-bond donors (Lipinski definition) is 2. The van der Waals surface area contributed by atoms with Crippen molar-refractivity contribution in [2.45, 2.75) is 13.0 Å². The number of nitrogens with one attached hydrogen (secondary N) is 1. The average Bonchev–Trinajstić information content (AvgIpc) is 2.79. The van der Waals surface area contributed by atoms with E-state index in [-0.39, 0.29) is 11.9 Å². The van der Waals surface area contributed by atoms with Gasteiger partial charge in [-0.1, -0.05) is 72.3 Å². The molecule has 3 aromatic rings. The molecule has 0 fully saturated rings. The number of nitrogens with two attached hydrogens (primary N) is 1. The maximum Gasteiger partial charge on any atom is 0.275 e. The Morgan fingerprint density at radius 3 is 2.23 bits per heavy atom. The van der Waals surface area contributed by atoms with Crippen LogP contribution in [0.1, 0.15) is 22.7 Å². The lowest BCUT2D eigenvalue weighted by Gasteiger charge is -2.17. The number of quaternary nitrogens is 1. The van der Waals surface area contributed by atoms with Crippen LogP contribution < -0.4 is 20.1 Å². The molecule has 1 atom stereocenters. The third-order valence-electron chi connectivity index (χ3n) is 4.88. The summed E-state index contributed by atoms with van der Waals surface area (Å²) < 4.78 is 11.0. The minimum atomic E-state index is -0.0216. The van der Waals surface area contributed by atoms with E-state index in [1.165, 1.54) is 16.7 Å². The standard InChI is InChI=1S/C25H28N2O3/c1-19-12-14-21(15-13-19)25(20-8-4-3-5-9-20)27-18-24(28)26-16-17-30-23-11-7-6-10-22(23)29-2/h3-15,25,27H,16-18H2,1-2H3,(H,26,28)/p+1/t25-/m1/s1. The fourth-order valence-corrected chi connectivity index (χ4v) is 3.29. The van der Waals surface area contributed by atoms with Crippen molar-refractivity contribution in [1.82, 2.24) is 5.32 Å². The number of ether oxygens (including phenoxy) is 2. The van der Waals surface area contributed by atoms with Crippen molar-refractivity contribution in [3.8, 4) is 11.5 Å². The van der Waals surface area contributed by atoms with E-state index in [9.17, 15) is 4.79 Å². The number of rotatable bonds is 10. The van der Waals surface area contributed by atoms with Crippen molar-refractivity contribution in [1.29, 1.82) is 0 Å². The Morgan fingerprint density at radius 2 is 1.53 bits per heavy atom. The zero-order valence-electron chi connectivity index (χ0n) is 17.5. The first-order chi connectivity index (χ1) is 14.7. The molecule has 156 valence electrons. The van der Waals surface area contributed by atoms with Crippen LogP contribution in [0.15, 0.2) is 78.9 Å². The van der Waals surface area contributed by atoms with E-state index in [0.717, 1.165) is 0 Å². The van der Waals surface area contributed by atoms with Crippen LogP contribution >= 0.6 is 0 Å². The molecule has 0 heterocycles. The van der Waals surface area contributed by atoms with Gasteiger partial charge >= 0.3 is 0 Å². The van der Waals surface area contributed by atoms with Gasteiger partial charge in [0.05, 0.1) is 13.7 Å². The number of aryl methyl sites for hydroxylation is 1. The van der Waals surface area contributed by atoms with Crippen molar-refractivity contribution in [2.75, 3.05) is 26.8 Å². The zero-order valence-corrected chi connectivity index (χ0v) is 17.5. The van der Waals surface area contributed by atoms with Gasteiger partial charge < -0.3 is 20.1 Å². The number of para-hydroxylation sites is 2. The molecule has 3 aromatic carbocycles. The lowest BCUT2D eigenvalue weighted by atomic mass is 9.98. The van der Waals surface area contributed by atoms with Gasteiger partial charge in [-0.15, -0.1) is 0 Å². The molecule has 5 heteroatoms. The van der Waals surface area contributed by atoms with Gasteiger partial charge in [-0.3, -0.25) is 4.79 Å². The molecule has 30 heavy (non-hydrogen) atoms. The van der Waals surface area contributed by atoms with Crippen LogP contribution in [0.25, 0.3) is 0 Å². The van der Waals surface area contributed by atoms with E-state index in [1.54, 1.807) is 7.11 Å². The summed E-state index contributed by atoms with van der Waals surface area (Å²) >= 11 is 0. The summed E-state index contributed by atoms with van der Waals surface area (Å²) in [6.45, 7) is 3.23. The summed E-state index contributed by atoms with van der Waals surface area (Å²) in [7, 11) is 1.61. The molecule has 0 aliphatic rings. The van der Waals surface area contributed by atoms with Crippen molar-refractivity contribution in [3.63, 3.8) is 0 Å². The summed E-state index contributed by atoms with van der Waals surface area (Å²) in [5.41, 5.74) is 3.58. The second-order valence-electron chi connectivity index (χ2n) is 7.09. The molecule has 0 spiro atoms. The molecule has 3 N–H and O–H groups in total. The highest BCUT2D eigenvalue weighted by molar-refractivity contribution is 5.76. The minimum absolute atomic E-state index is 0.0216. The molecular weight excluding hydrogens is 376 g/mol. The lowest BCUT2D eigenvalue weighted by Crippen LogP contribution is -2.87. The molecule has 0 saturated heterocycles. The van der Waals surface area contributed by atoms with Crippen LogP contribution in [0.4, 0.5) is 0 Å². The van der Waals surface area contributed by atoms with Crippen molar-refractivity contribution < 1.29 is 19.6 Å². The van der Waals surface area contributed by atoms with Crippen LogP contribution in [0, 0.1) is 6.92 Å². The van der Waals surface area contributed by atoms with E-state index >= 15 is 0 Å². The Labute approximate surface area is 178 Å². The van der Waals surface area contributed by atoms with Crippen LogP contribution in [-0.4, -0.2) is 32.7 Å². The second-order valence-corrected chi connectivity index (χ2v) is 7.09. The largest absolute Gasteiger partial charge is 0.493 e. The minimum Gasteiger partial charge on any atom is -0.493 e. The Bertz CT molecular complexity index is 927. The molecule has 0 aromatic heterocycles. The van der Waals surface area contributed by atoms with E-state index in [2.05, 4.69) is 54.0 Å². The maximum atomic E-state index is 12.4. The van der Waals surface area contributed by atoms with Crippen LogP contribution in [0.2, 0.25) is 0 Å². The molecule has 0 aliphatic heterocycles. The van der Waals surface area contributed by atoms with E-state index in [1.807, 2.05) is 42.5 Å². The Morgan fingerprint density at radius 1 is 0.900 bits per heavy atom. The summed E-state index contributed by atoms with van der Waals surface area (Å²) in [6.07, 6.45) is 0. The fourth-order valence-electron chi connectivity index (χ4n) is 3.29. The zero-order chi connectivity index (χ0) is 21.2. The first kappa shape index (κ1) is 21.4. The smallest absolute Gasteiger partial charge is 0.275 e.